The summed E-state index contributed by atoms with van der Waals surface area (Å²) in [5, 5.41) is 3.84. The molecular formula is C8H11NO. The second-order valence-corrected chi connectivity index (χ2v) is 2.97. The van der Waals surface area contributed by atoms with Crippen LogP contribution in [0.25, 0.3) is 0 Å². The first-order valence-electron chi connectivity index (χ1n) is 3.84. The van der Waals surface area contributed by atoms with Gasteiger partial charge in [0.25, 0.3) is 0 Å². The molecule has 0 bridgehead atoms. The summed E-state index contributed by atoms with van der Waals surface area (Å²) < 4.78 is 4.72. The zero-order valence-electron chi connectivity index (χ0n) is 5.92. The van der Waals surface area contributed by atoms with Crippen molar-refractivity contribution in [1.29, 1.82) is 0 Å². The Labute approximate surface area is 60.2 Å². The van der Waals surface area contributed by atoms with E-state index in [2.05, 4.69) is 5.16 Å². The van der Waals surface area contributed by atoms with Crippen LogP contribution in [0.3, 0.4) is 0 Å². The number of nitrogens with zero attached hydrogens (tertiary/aromatic N) is 1. The lowest BCUT2D eigenvalue weighted by Gasteiger charge is -1.90. The lowest BCUT2D eigenvalue weighted by atomic mass is 10.2. The fourth-order valence-electron chi connectivity index (χ4n) is 1.13. The average Bonchev–Trinajstić information content (AvgIpc) is 2.63. The van der Waals surface area contributed by atoms with E-state index in [0.29, 0.717) is 0 Å². The van der Waals surface area contributed by atoms with Gasteiger partial charge in [0.15, 0.2) is 0 Å². The highest BCUT2D eigenvalue weighted by Gasteiger charge is 2.20. The van der Waals surface area contributed by atoms with Crippen LogP contribution in [0, 0.1) is 5.92 Å². The van der Waals surface area contributed by atoms with Crippen molar-refractivity contribution in [3.63, 3.8) is 0 Å². The molecular weight excluding hydrogens is 126 g/mol. The van der Waals surface area contributed by atoms with Crippen LogP contribution < -0.4 is 0 Å². The highest BCUT2D eigenvalue weighted by Crippen LogP contribution is 2.33. The van der Waals surface area contributed by atoms with Gasteiger partial charge < -0.3 is 4.52 Å². The van der Waals surface area contributed by atoms with E-state index in [1.165, 1.54) is 19.3 Å². The first-order chi connectivity index (χ1) is 4.95. The third kappa shape index (κ3) is 1.38. The molecule has 0 saturated heterocycles. The lowest BCUT2D eigenvalue weighted by molar-refractivity contribution is 0.410. The fourth-order valence-corrected chi connectivity index (χ4v) is 1.13. The van der Waals surface area contributed by atoms with Crippen LogP contribution in [-0.4, -0.2) is 5.16 Å². The average molecular weight is 137 g/mol. The van der Waals surface area contributed by atoms with Gasteiger partial charge in [-0.25, -0.2) is 0 Å². The molecule has 1 aliphatic rings. The summed E-state index contributed by atoms with van der Waals surface area (Å²) in [6, 6.07) is 1.95. The molecule has 10 heavy (non-hydrogen) atoms. The van der Waals surface area contributed by atoms with E-state index in [1.54, 1.807) is 6.26 Å². The maximum Gasteiger partial charge on any atom is 0.124 e. The van der Waals surface area contributed by atoms with Gasteiger partial charge in [0.2, 0.25) is 0 Å². The molecule has 0 unspecified atom stereocenters. The van der Waals surface area contributed by atoms with Gasteiger partial charge in [0, 0.05) is 6.07 Å². The summed E-state index contributed by atoms with van der Waals surface area (Å²) in [5.41, 5.74) is 1.10. The van der Waals surface area contributed by atoms with Gasteiger partial charge in [-0.15, -0.1) is 0 Å². The molecule has 0 radical (unpaired) electrons. The van der Waals surface area contributed by atoms with Crippen LogP contribution in [0.4, 0.5) is 0 Å². The van der Waals surface area contributed by atoms with Crippen LogP contribution >= 0.6 is 0 Å². The van der Waals surface area contributed by atoms with E-state index in [-0.39, 0.29) is 0 Å². The summed E-state index contributed by atoms with van der Waals surface area (Å²) in [4.78, 5) is 0. The highest BCUT2D eigenvalue weighted by molar-refractivity contribution is 4.96. The summed E-state index contributed by atoms with van der Waals surface area (Å²) in [6.07, 6.45) is 6.89. The Bertz CT molecular complexity index is 189. The predicted molar refractivity (Wildman–Crippen MR) is 37.5 cm³/mol. The Hall–Kier alpha value is -0.790. The number of aryl methyl sites for hydroxylation is 1. The van der Waals surface area contributed by atoms with E-state index in [4.69, 9.17) is 4.52 Å². The second-order valence-electron chi connectivity index (χ2n) is 2.97. The van der Waals surface area contributed by atoms with E-state index in [0.717, 1.165) is 18.0 Å². The van der Waals surface area contributed by atoms with Crippen molar-refractivity contribution in [2.24, 2.45) is 5.92 Å². The van der Waals surface area contributed by atoms with Crippen molar-refractivity contribution in [3.05, 3.63) is 18.0 Å². The molecule has 0 spiro atoms. The maximum atomic E-state index is 4.72. The third-order valence-corrected chi connectivity index (χ3v) is 2.00. The minimum absolute atomic E-state index is 0.997. The van der Waals surface area contributed by atoms with Crippen LogP contribution in [0.5, 0.6) is 0 Å². The number of aromatic nitrogens is 1. The van der Waals surface area contributed by atoms with Gasteiger partial charge in [-0.3, -0.25) is 0 Å². The van der Waals surface area contributed by atoms with Gasteiger partial charge in [-0.2, -0.15) is 0 Å². The molecule has 1 aromatic rings. The quantitative estimate of drug-likeness (QED) is 0.637. The largest absolute Gasteiger partial charge is 0.365 e. The van der Waals surface area contributed by atoms with E-state index in [9.17, 15) is 0 Å². The van der Waals surface area contributed by atoms with Crippen molar-refractivity contribution >= 4 is 0 Å². The first kappa shape index (κ1) is 5.96. The van der Waals surface area contributed by atoms with Crippen molar-refractivity contribution < 1.29 is 4.52 Å². The van der Waals surface area contributed by atoms with Crippen LogP contribution in [0.2, 0.25) is 0 Å². The summed E-state index contributed by atoms with van der Waals surface area (Å²) in [5.74, 6) is 0.997. The fraction of sp³-hybridized carbons (Fsp3) is 0.625. The highest BCUT2D eigenvalue weighted by atomic mass is 16.5. The van der Waals surface area contributed by atoms with Crippen LogP contribution in [0.15, 0.2) is 16.9 Å². The number of hydrogen-bond donors (Lipinski definition) is 0. The molecule has 2 rings (SSSR count). The Kier molecular flexibility index (Phi) is 1.46. The molecule has 1 heterocycles. The molecule has 0 aliphatic heterocycles. The van der Waals surface area contributed by atoms with E-state index in [1.807, 2.05) is 6.07 Å². The molecule has 1 fully saturated rings. The minimum atomic E-state index is 0.997. The zero-order valence-corrected chi connectivity index (χ0v) is 5.92. The topological polar surface area (TPSA) is 26.0 Å². The van der Waals surface area contributed by atoms with Crippen molar-refractivity contribution in [3.8, 4) is 0 Å². The number of hydrogen-bond acceptors (Lipinski definition) is 2. The first-order valence-corrected chi connectivity index (χ1v) is 3.84. The van der Waals surface area contributed by atoms with Gasteiger partial charge >= 0.3 is 0 Å². The monoisotopic (exact) mass is 137 g/mol. The molecule has 0 aromatic carbocycles. The van der Waals surface area contributed by atoms with Crippen molar-refractivity contribution in [1.82, 2.24) is 5.16 Å². The van der Waals surface area contributed by atoms with Crippen molar-refractivity contribution in [2.45, 2.75) is 25.7 Å². The third-order valence-electron chi connectivity index (χ3n) is 2.00. The molecule has 1 aliphatic carbocycles. The summed E-state index contributed by atoms with van der Waals surface area (Å²) in [7, 11) is 0. The SMILES string of the molecule is c1cc(CCC2CC2)no1. The Morgan fingerprint density at radius 2 is 2.50 bits per heavy atom. The summed E-state index contributed by atoms with van der Waals surface area (Å²) >= 11 is 0. The van der Waals surface area contributed by atoms with Crippen molar-refractivity contribution in [2.75, 3.05) is 0 Å². The van der Waals surface area contributed by atoms with Gasteiger partial charge in [-0.1, -0.05) is 18.0 Å². The van der Waals surface area contributed by atoms with E-state index >= 15 is 0 Å². The molecule has 54 valence electrons. The zero-order chi connectivity index (χ0) is 6.81. The van der Waals surface area contributed by atoms with Gasteiger partial charge in [0.05, 0.1) is 5.69 Å². The Morgan fingerprint density at radius 3 is 3.10 bits per heavy atom. The van der Waals surface area contributed by atoms with E-state index < -0.39 is 0 Å². The molecule has 0 atom stereocenters. The molecule has 2 nitrogen and oxygen atoms in total. The molecule has 1 aromatic heterocycles. The molecule has 0 N–H and O–H groups in total. The Balaban J connectivity index is 1.79. The Morgan fingerprint density at radius 1 is 1.60 bits per heavy atom. The van der Waals surface area contributed by atoms with Gasteiger partial charge in [0.1, 0.15) is 6.26 Å². The lowest BCUT2D eigenvalue weighted by Crippen LogP contribution is -1.85. The minimum Gasteiger partial charge on any atom is -0.365 e. The smallest absolute Gasteiger partial charge is 0.124 e. The van der Waals surface area contributed by atoms with Gasteiger partial charge in [-0.05, 0) is 18.8 Å². The van der Waals surface area contributed by atoms with Crippen LogP contribution in [-0.2, 0) is 6.42 Å². The summed E-state index contributed by atoms with van der Waals surface area (Å²) in [6.45, 7) is 0. The maximum absolute atomic E-state index is 4.72. The molecule has 1 saturated carbocycles. The second kappa shape index (κ2) is 2.45. The number of rotatable bonds is 3. The predicted octanol–water partition coefficient (Wildman–Crippen LogP) is 2.02. The van der Waals surface area contributed by atoms with Crippen LogP contribution in [0.1, 0.15) is 25.0 Å². The normalized spacial score (nSPS) is 17.6. The molecule has 2 heteroatoms. The standard InChI is InChI=1S/C8H11NO/c1-2-7(1)3-4-8-5-6-10-9-8/h5-7H,1-4H2. The molecule has 0 amide bonds.